The Labute approximate surface area is 356 Å². The van der Waals surface area contributed by atoms with E-state index in [2.05, 4.69) is 161 Å². The molecule has 0 bridgehead atoms. The van der Waals surface area contributed by atoms with Crippen molar-refractivity contribution < 1.29 is 0 Å². The molecule has 288 valence electrons. The zero-order valence-corrected chi connectivity index (χ0v) is 33.4. The Kier molecular flexibility index (Phi) is 7.54. The van der Waals surface area contributed by atoms with Gasteiger partial charge in [0.1, 0.15) is 0 Å². The smallest absolute Gasteiger partial charge is 0.164 e. The molecule has 0 aliphatic heterocycles. The van der Waals surface area contributed by atoms with E-state index in [0.717, 1.165) is 44.4 Å². The summed E-state index contributed by atoms with van der Waals surface area (Å²) in [4.78, 5) is 14.9. The third-order valence-electron chi connectivity index (χ3n) is 12.5. The van der Waals surface area contributed by atoms with Crippen molar-refractivity contribution in [1.29, 1.82) is 0 Å². The van der Waals surface area contributed by atoms with Crippen LogP contribution in [0.3, 0.4) is 0 Å². The van der Waals surface area contributed by atoms with Gasteiger partial charge < -0.3 is 9.13 Å². The number of nitrogens with zero attached hydrogens (tertiary/aromatic N) is 5. The summed E-state index contributed by atoms with van der Waals surface area (Å²) in [6.45, 7) is 0. The first-order chi connectivity index (χ1) is 30.7. The fraction of sp³-hybridized carbons (Fsp3) is 0. The van der Waals surface area contributed by atoms with Crippen LogP contribution in [0.1, 0.15) is 0 Å². The van der Waals surface area contributed by atoms with Crippen molar-refractivity contribution in [3.63, 3.8) is 0 Å². The van der Waals surface area contributed by atoms with Gasteiger partial charge in [0, 0.05) is 55.0 Å². The van der Waals surface area contributed by atoms with Crippen LogP contribution in [-0.2, 0) is 0 Å². The molecule has 3 heterocycles. The molecule has 5 heteroatoms. The lowest BCUT2D eigenvalue weighted by Gasteiger charge is -2.13. The molecule has 0 atom stereocenters. The summed E-state index contributed by atoms with van der Waals surface area (Å²) in [5.74, 6) is 1.95. The first-order valence-electron chi connectivity index (χ1n) is 21.0. The third kappa shape index (κ3) is 5.38. The monoisotopic (exact) mass is 789 g/mol. The van der Waals surface area contributed by atoms with Crippen molar-refractivity contribution in [3.8, 4) is 45.5 Å². The molecule has 0 unspecified atom stereocenters. The Bertz CT molecular complexity index is 3860. The standard InChI is InChI=1S/C57H35N5/c1-3-15-38(16-4-1)55-58-56(39-17-5-2-6-18-39)60-57(59-55)43-24-23-42-33-44(29-26-41(42)31-43)61-51-22-12-11-21-47(51)49-34-50-48-30-27-37-14-9-10-20-46(37)54(48)62(53(50)35-52(49)61)45-28-25-36-13-7-8-19-40(36)32-45/h1-35H. The van der Waals surface area contributed by atoms with Gasteiger partial charge in [0.2, 0.25) is 0 Å². The summed E-state index contributed by atoms with van der Waals surface area (Å²) >= 11 is 0. The maximum Gasteiger partial charge on any atom is 0.164 e. The van der Waals surface area contributed by atoms with Crippen molar-refractivity contribution >= 4 is 75.9 Å². The highest BCUT2D eigenvalue weighted by atomic mass is 15.0. The second-order valence-electron chi connectivity index (χ2n) is 16.1. The summed E-state index contributed by atoms with van der Waals surface area (Å²) in [6.07, 6.45) is 0. The average Bonchev–Trinajstić information content (AvgIpc) is 3.85. The van der Waals surface area contributed by atoms with Crippen molar-refractivity contribution in [3.05, 3.63) is 212 Å². The van der Waals surface area contributed by atoms with E-state index >= 15 is 0 Å². The molecule has 0 fully saturated rings. The van der Waals surface area contributed by atoms with E-state index in [0.29, 0.717) is 17.5 Å². The molecular formula is C57H35N5. The van der Waals surface area contributed by atoms with Crippen LogP contribution in [-0.4, -0.2) is 24.1 Å². The van der Waals surface area contributed by atoms with Crippen LogP contribution in [0, 0.1) is 0 Å². The van der Waals surface area contributed by atoms with E-state index in [4.69, 9.17) is 15.0 Å². The lowest BCUT2D eigenvalue weighted by Crippen LogP contribution is -2.00. The molecule has 0 radical (unpaired) electrons. The number of para-hydroxylation sites is 1. The van der Waals surface area contributed by atoms with Crippen molar-refractivity contribution in [2.24, 2.45) is 0 Å². The number of hydrogen-bond donors (Lipinski definition) is 0. The van der Waals surface area contributed by atoms with Crippen LogP contribution in [0.15, 0.2) is 212 Å². The van der Waals surface area contributed by atoms with Gasteiger partial charge in [-0.05, 0) is 75.5 Å². The summed E-state index contributed by atoms with van der Waals surface area (Å²) in [6, 6.07) is 75.9. The zero-order chi connectivity index (χ0) is 40.7. The minimum atomic E-state index is 0.643. The van der Waals surface area contributed by atoms with Gasteiger partial charge >= 0.3 is 0 Å². The molecule has 0 spiro atoms. The van der Waals surface area contributed by atoms with E-state index in [-0.39, 0.29) is 0 Å². The quantitative estimate of drug-likeness (QED) is 0.174. The topological polar surface area (TPSA) is 48.5 Å². The first kappa shape index (κ1) is 34.5. The van der Waals surface area contributed by atoms with E-state index in [1.165, 1.54) is 59.6 Å². The van der Waals surface area contributed by atoms with Gasteiger partial charge in [0.15, 0.2) is 17.5 Å². The Balaban J connectivity index is 1.01. The normalized spacial score (nSPS) is 11.9. The molecule has 13 aromatic rings. The highest BCUT2D eigenvalue weighted by Gasteiger charge is 2.21. The van der Waals surface area contributed by atoms with E-state index in [1.54, 1.807) is 0 Å². The largest absolute Gasteiger partial charge is 0.309 e. The Hall–Kier alpha value is -8.41. The van der Waals surface area contributed by atoms with Crippen LogP contribution in [0.4, 0.5) is 0 Å². The number of rotatable bonds is 5. The van der Waals surface area contributed by atoms with Crippen LogP contribution < -0.4 is 0 Å². The van der Waals surface area contributed by atoms with Crippen LogP contribution in [0.5, 0.6) is 0 Å². The number of benzene rings is 10. The SMILES string of the molecule is c1ccc(-c2nc(-c3ccccc3)nc(-c3ccc4cc(-n5c6ccccc6c6cc7c8ccc9ccccc9c8n(-c8ccc9ccccc9c8)c7cc65)ccc4c3)n2)cc1. The van der Waals surface area contributed by atoms with Gasteiger partial charge in [-0.2, -0.15) is 0 Å². The summed E-state index contributed by atoms with van der Waals surface area (Å²) in [5, 5.41) is 12.1. The maximum absolute atomic E-state index is 5.01. The predicted molar refractivity (Wildman–Crippen MR) is 257 cm³/mol. The first-order valence-corrected chi connectivity index (χ1v) is 21.0. The fourth-order valence-electron chi connectivity index (χ4n) is 9.55. The Morgan fingerprint density at radius 1 is 0.258 bits per heavy atom. The van der Waals surface area contributed by atoms with Crippen LogP contribution in [0.25, 0.3) is 121 Å². The lowest BCUT2D eigenvalue weighted by atomic mass is 10.0. The summed E-state index contributed by atoms with van der Waals surface area (Å²) in [7, 11) is 0. The molecule has 5 nitrogen and oxygen atoms in total. The van der Waals surface area contributed by atoms with Gasteiger partial charge in [0.25, 0.3) is 0 Å². The molecule has 10 aromatic carbocycles. The molecule has 0 saturated carbocycles. The van der Waals surface area contributed by atoms with Gasteiger partial charge in [-0.25, -0.2) is 15.0 Å². The number of hydrogen-bond acceptors (Lipinski definition) is 3. The van der Waals surface area contributed by atoms with Crippen molar-refractivity contribution in [2.45, 2.75) is 0 Å². The molecule has 3 aromatic heterocycles. The molecule has 62 heavy (non-hydrogen) atoms. The highest BCUT2D eigenvalue weighted by Crippen LogP contribution is 2.42. The Morgan fingerprint density at radius 2 is 0.758 bits per heavy atom. The minimum absolute atomic E-state index is 0.643. The van der Waals surface area contributed by atoms with Gasteiger partial charge in [-0.1, -0.05) is 164 Å². The van der Waals surface area contributed by atoms with Crippen molar-refractivity contribution in [1.82, 2.24) is 24.1 Å². The summed E-state index contributed by atoms with van der Waals surface area (Å²) in [5.41, 5.74) is 9.83. The second kappa shape index (κ2) is 13.6. The fourth-order valence-corrected chi connectivity index (χ4v) is 9.55. The molecular weight excluding hydrogens is 755 g/mol. The van der Waals surface area contributed by atoms with E-state index in [1.807, 2.05) is 60.7 Å². The lowest BCUT2D eigenvalue weighted by molar-refractivity contribution is 1.07. The van der Waals surface area contributed by atoms with Gasteiger partial charge in [0.05, 0.1) is 22.1 Å². The highest BCUT2D eigenvalue weighted by molar-refractivity contribution is 6.23. The van der Waals surface area contributed by atoms with Gasteiger partial charge in [-0.15, -0.1) is 0 Å². The minimum Gasteiger partial charge on any atom is -0.309 e. The van der Waals surface area contributed by atoms with Crippen LogP contribution >= 0.6 is 0 Å². The number of fused-ring (bicyclic) bond motifs is 10. The zero-order valence-electron chi connectivity index (χ0n) is 33.4. The van der Waals surface area contributed by atoms with E-state index < -0.39 is 0 Å². The summed E-state index contributed by atoms with van der Waals surface area (Å²) < 4.78 is 4.92. The van der Waals surface area contributed by atoms with Crippen LogP contribution in [0.2, 0.25) is 0 Å². The molecule has 0 amide bonds. The molecule has 0 aliphatic carbocycles. The number of aromatic nitrogens is 5. The van der Waals surface area contributed by atoms with Crippen molar-refractivity contribution in [2.75, 3.05) is 0 Å². The van der Waals surface area contributed by atoms with E-state index in [9.17, 15) is 0 Å². The molecule has 0 N–H and O–H groups in total. The second-order valence-corrected chi connectivity index (χ2v) is 16.1. The van der Waals surface area contributed by atoms with Gasteiger partial charge in [-0.3, -0.25) is 0 Å². The predicted octanol–water partition coefficient (Wildman–Crippen LogP) is 14.5. The maximum atomic E-state index is 5.01. The third-order valence-corrected chi connectivity index (χ3v) is 12.5. The Morgan fingerprint density at radius 3 is 1.50 bits per heavy atom. The molecule has 0 saturated heterocycles. The molecule has 0 aliphatic rings. The average molecular weight is 790 g/mol. The molecule has 13 rings (SSSR count).